The average molecular weight is 380 g/mol. The first kappa shape index (κ1) is 19.2. The number of rotatable bonds is 7. The van der Waals surface area contributed by atoms with Crippen molar-refractivity contribution in [3.8, 4) is 5.75 Å². The first-order chi connectivity index (χ1) is 12.0. The van der Waals surface area contributed by atoms with E-state index in [9.17, 15) is 8.76 Å². The first-order valence-electron chi connectivity index (χ1n) is 7.42. The number of hydrogen-bond acceptors (Lipinski definition) is 6. The van der Waals surface area contributed by atoms with Crippen LogP contribution in [0, 0.1) is 0 Å². The minimum absolute atomic E-state index is 0.137. The number of aromatic nitrogens is 2. The van der Waals surface area contributed by atoms with Gasteiger partial charge in [0.05, 0.1) is 11.1 Å². The van der Waals surface area contributed by atoms with Crippen LogP contribution in [0.2, 0.25) is 0 Å². The van der Waals surface area contributed by atoms with Crippen LogP contribution >= 0.6 is 11.9 Å². The van der Waals surface area contributed by atoms with Crippen molar-refractivity contribution in [2.75, 3.05) is 18.4 Å². The fraction of sp³-hybridized carbons (Fsp3) is 0.250. The fourth-order valence-electron chi connectivity index (χ4n) is 1.84. The highest BCUT2D eigenvalue weighted by atomic mass is 32.2. The van der Waals surface area contributed by atoms with Gasteiger partial charge >= 0.3 is 5.62 Å². The molecule has 0 amide bonds. The van der Waals surface area contributed by atoms with Gasteiger partial charge in [0.15, 0.2) is 6.73 Å². The van der Waals surface area contributed by atoms with Gasteiger partial charge in [-0.3, -0.25) is 4.21 Å². The molecule has 25 heavy (non-hydrogen) atoms. The highest BCUT2D eigenvalue weighted by Crippen LogP contribution is 2.07. The Bertz CT molecular complexity index is 831. The van der Waals surface area contributed by atoms with Crippen molar-refractivity contribution in [2.45, 2.75) is 18.7 Å². The molecule has 0 aliphatic heterocycles. The Kier molecular flexibility index (Phi) is 7.23. The summed E-state index contributed by atoms with van der Waals surface area (Å²) in [4.78, 5) is 4.56. The second-order valence-corrected chi connectivity index (χ2v) is 6.87. The van der Waals surface area contributed by atoms with Gasteiger partial charge in [-0.15, -0.1) is 4.68 Å². The Balaban J connectivity index is 2.35. The molecule has 7 nitrogen and oxygen atoms in total. The third-order valence-corrected chi connectivity index (χ3v) is 4.22. The zero-order chi connectivity index (χ0) is 18.2. The van der Waals surface area contributed by atoms with Crippen LogP contribution in [0.3, 0.4) is 0 Å². The van der Waals surface area contributed by atoms with Gasteiger partial charge in [0, 0.05) is 18.2 Å². The van der Waals surface area contributed by atoms with Crippen molar-refractivity contribution in [1.29, 1.82) is 0 Å². The Morgan fingerprint density at radius 2 is 2.16 bits per heavy atom. The van der Waals surface area contributed by atoms with Crippen molar-refractivity contribution < 1.29 is 18.2 Å². The molecule has 0 bridgehead atoms. The lowest BCUT2D eigenvalue weighted by Crippen LogP contribution is -2.61. The summed E-state index contributed by atoms with van der Waals surface area (Å²) in [6.07, 6.45) is 6.53. The number of ether oxygens (including phenoxy) is 1. The van der Waals surface area contributed by atoms with Crippen LogP contribution in [-0.2, 0) is 11.1 Å². The zero-order valence-corrected chi connectivity index (χ0v) is 15.8. The largest absolute Gasteiger partial charge is 0.768 e. The minimum Gasteiger partial charge on any atom is -0.768 e. The summed E-state index contributed by atoms with van der Waals surface area (Å²) in [6, 6.07) is 9.33. The Morgan fingerprint density at radius 1 is 1.44 bits per heavy atom. The summed E-state index contributed by atoms with van der Waals surface area (Å²) < 4.78 is 31.5. The quantitative estimate of drug-likeness (QED) is 0.448. The SMILES string of the molecule is CSn1cc(S(=O)[O-])c[n+](NCOc2ccccc2)c1=NC=C(C)C. The lowest BCUT2D eigenvalue weighted by molar-refractivity contribution is -0.675. The number of hydrogen-bond donors (Lipinski definition) is 1. The molecule has 0 saturated heterocycles. The first-order valence-corrected chi connectivity index (χ1v) is 9.68. The van der Waals surface area contributed by atoms with Crippen molar-refractivity contribution in [1.82, 2.24) is 3.97 Å². The topological polar surface area (TPSA) is 82.6 Å². The fourth-order valence-corrected chi connectivity index (χ4v) is 2.81. The highest BCUT2D eigenvalue weighted by molar-refractivity contribution is 7.97. The van der Waals surface area contributed by atoms with E-state index in [4.69, 9.17) is 4.74 Å². The molecule has 2 rings (SSSR count). The molecule has 1 aromatic heterocycles. The maximum atomic E-state index is 11.4. The Morgan fingerprint density at radius 3 is 2.76 bits per heavy atom. The normalized spacial score (nSPS) is 12.6. The molecule has 1 unspecified atom stereocenters. The number of allylic oxidation sites excluding steroid dienone is 1. The van der Waals surface area contributed by atoms with Gasteiger partial charge in [0.25, 0.3) is 0 Å². The molecule has 0 aliphatic carbocycles. The smallest absolute Gasteiger partial charge is 0.431 e. The van der Waals surface area contributed by atoms with E-state index in [1.807, 2.05) is 50.4 Å². The van der Waals surface area contributed by atoms with E-state index in [1.54, 1.807) is 10.2 Å². The lowest BCUT2D eigenvalue weighted by Gasteiger charge is -2.11. The Labute approximate surface area is 153 Å². The molecule has 0 aliphatic rings. The number of benzene rings is 1. The van der Waals surface area contributed by atoms with Gasteiger partial charge in [0.1, 0.15) is 18.1 Å². The molecule has 0 radical (unpaired) electrons. The van der Waals surface area contributed by atoms with Crippen molar-refractivity contribution in [3.05, 3.63) is 60.1 Å². The molecule has 1 heterocycles. The van der Waals surface area contributed by atoms with E-state index in [-0.39, 0.29) is 11.6 Å². The van der Waals surface area contributed by atoms with Gasteiger partial charge in [0.2, 0.25) is 0 Å². The van der Waals surface area contributed by atoms with Gasteiger partial charge in [-0.25, -0.2) is 5.43 Å². The van der Waals surface area contributed by atoms with E-state index in [2.05, 4.69) is 10.4 Å². The van der Waals surface area contributed by atoms with Crippen molar-refractivity contribution in [3.63, 3.8) is 0 Å². The predicted octanol–water partition coefficient (Wildman–Crippen LogP) is 1.54. The predicted molar refractivity (Wildman–Crippen MR) is 97.0 cm³/mol. The molecular formula is C16H20N4O3S2. The third kappa shape index (κ3) is 5.73. The summed E-state index contributed by atoms with van der Waals surface area (Å²) in [5, 5.41) is 0. The zero-order valence-electron chi connectivity index (χ0n) is 14.2. The van der Waals surface area contributed by atoms with Crippen LogP contribution in [0.25, 0.3) is 0 Å². The molecule has 2 aromatic rings. The molecule has 0 spiro atoms. The van der Waals surface area contributed by atoms with Crippen molar-refractivity contribution in [2.24, 2.45) is 4.99 Å². The molecule has 134 valence electrons. The molecule has 1 aromatic carbocycles. The number of nitrogens with zero attached hydrogens (tertiary/aromatic N) is 3. The molecule has 1 atom stereocenters. The van der Waals surface area contributed by atoms with Gasteiger partial charge in [-0.2, -0.15) is 3.97 Å². The number of nitrogens with one attached hydrogen (secondary N) is 1. The summed E-state index contributed by atoms with van der Waals surface area (Å²) in [7, 11) is 0. The van der Waals surface area contributed by atoms with E-state index in [0.717, 1.165) is 5.57 Å². The molecular weight excluding hydrogens is 360 g/mol. The highest BCUT2D eigenvalue weighted by Gasteiger charge is 2.12. The van der Waals surface area contributed by atoms with Crippen LogP contribution in [0.5, 0.6) is 5.75 Å². The minimum atomic E-state index is -2.36. The van der Waals surface area contributed by atoms with Crippen molar-refractivity contribution >= 4 is 23.0 Å². The maximum absolute atomic E-state index is 11.4. The van der Waals surface area contributed by atoms with Crippen LogP contribution in [0.4, 0.5) is 0 Å². The van der Waals surface area contributed by atoms with Crippen LogP contribution < -0.4 is 20.5 Å². The lowest BCUT2D eigenvalue weighted by atomic mass is 10.3. The van der Waals surface area contributed by atoms with Crippen LogP contribution in [0.15, 0.2) is 64.4 Å². The third-order valence-electron chi connectivity index (χ3n) is 2.96. The van der Waals surface area contributed by atoms with E-state index in [0.29, 0.717) is 11.4 Å². The number of para-hydroxylation sites is 1. The standard InChI is InChI=1S/C16H20N4O3S2/c1-13(2)9-17-16-19(10-15(25(21)22)11-20(16)24-3)18-12-23-14-7-5-4-6-8-14/h4-11,18H,12H2,1-3H3. The van der Waals surface area contributed by atoms with Gasteiger partial charge in [-0.1, -0.05) is 23.2 Å². The summed E-state index contributed by atoms with van der Waals surface area (Å²) in [5.74, 6) is 0.708. The molecule has 0 fully saturated rings. The van der Waals surface area contributed by atoms with Crippen LogP contribution in [-0.4, -0.2) is 25.7 Å². The average Bonchev–Trinajstić information content (AvgIpc) is 2.60. The summed E-state index contributed by atoms with van der Waals surface area (Å²) >= 11 is -1.02. The molecule has 9 heteroatoms. The van der Waals surface area contributed by atoms with Gasteiger partial charge < -0.3 is 9.29 Å². The van der Waals surface area contributed by atoms with E-state index >= 15 is 0 Å². The molecule has 0 saturated carbocycles. The maximum Gasteiger partial charge on any atom is 0.431 e. The van der Waals surface area contributed by atoms with Crippen LogP contribution in [0.1, 0.15) is 13.8 Å². The second-order valence-electron chi connectivity index (χ2n) is 5.17. The van der Waals surface area contributed by atoms with E-state index in [1.165, 1.54) is 29.0 Å². The molecule has 1 N–H and O–H groups in total. The van der Waals surface area contributed by atoms with E-state index < -0.39 is 11.1 Å². The summed E-state index contributed by atoms with van der Waals surface area (Å²) in [6.45, 7) is 4.02. The van der Waals surface area contributed by atoms with Gasteiger partial charge in [-0.05, 0) is 42.6 Å². The second kappa shape index (κ2) is 9.40. The monoisotopic (exact) mass is 380 g/mol. The Hall–Kier alpha value is -2.10. The summed E-state index contributed by atoms with van der Waals surface area (Å²) in [5.41, 5.74) is 4.57.